The van der Waals surface area contributed by atoms with Crippen LogP contribution in [0.5, 0.6) is 0 Å². The number of carbonyl (C=O) groups excluding carboxylic acids is 1. The number of carbonyl (C=O) groups is 1. The quantitative estimate of drug-likeness (QED) is 0.787. The largest absolute Gasteiger partial charge is 0.361 e. The van der Waals surface area contributed by atoms with Gasteiger partial charge in [0, 0.05) is 23.5 Å². The van der Waals surface area contributed by atoms with Crippen molar-refractivity contribution < 1.29 is 9.32 Å². The maximum Gasteiger partial charge on any atom is 0.270 e. The normalized spacial score (nSPS) is 18.2. The molecule has 0 saturated carbocycles. The number of hydrogen-bond acceptors (Lipinski definition) is 3. The highest BCUT2D eigenvalue weighted by atomic mass is 16.5. The maximum absolute atomic E-state index is 12.8. The van der Waals surface area contributed by atoms with Gasteiger partial charge in [0.2, 0.25) is 0 Å². The molecule has 1 saturated heterocycles. The molecule has 0 unspecified atom stereocenters. The van der Waals surface area contributed by atoms with Gasteiger partial charge in [-0.15, -0.1) is 0 Å². The molecule has 1 fully saturated rings. The summed E-state index contributed by atoms with van der Waals surface area (Å²) < 4.78 is 5.16. The first-order chi connectivity index (χ1) is 10.7. The first-order valence-corrected chi connectivity index (χ1v) is 7.54. The van der Waals surface area contributed by atoms with Crippen molar-refractivity contribution in [2.75, 3.05) is 6.54 Å². The Balaban J connectivity index is 1.66. The molecule has 1 amide bonds. The zero-order valence-corrected chi connectivity index (χ0v) is 12.4. The van der Waals surface area contributed by atoms with Crippen molar-refractivity contribution >= 4 is 16.8 Å². The molecule has 0 spiro atoms. The number of hydrogen-bond donors (Lipinski definition) is 1. The van der Waals surface area contributed by atoms with Crippen LogP contribution < -0.4 is 0 Å². The second-order valence-electron chi connectivity index (χ2n) is 5.79. The van der Waals surface area contributed by atoms with Crippen LogP contribution >= 0.6 is 0 Å². The highest BCUT2D eigenvalue weighted by molar-refractivity contribution is 5.98. The number of likely N-dealkylation sites (tertiary alicyclic amines) is 1. The summed E-state index contributed by atoms with van der Waals surface area (Å²) in [5, 5.41) is 5.14. The van der Waals surface area contributed by atoms with Crippen molar-refractivity contribution in [3.63, 3.8) is 0 Å². The van der Waals surface area contributed by atoms with Crippen LogP contribution in [0.1, 0.15) is 40.8 Å². The molecular formula is C17H17N3O2. The number of para-hydroxylation sites is 1. The minimum absolute atomic E-state index is 0.0105. The van der Waals surface area contributed by atoms with Crippen LogP contribution in [-0.2, 0) is 0 Å². The van der Waals surface area contributed by atoms with E-state index in [9.17, 15) is 4.79 Å². The summed E-state index contributed by atoms with van der Waals surface area (Å²) in [6.07, 6.45) is 1.92. The lowest BCUT2D eigenvalue weighted by Gasteiger charge is -2.22. The molecule has 1 atom stereocenters. The molecule has 1 N–H and O–H groups in total. The van der Waals surface area contributed by atoms with E-state index in [-0.39, 0.29) is 11.9 Å². The van der Waals surface area contributed by atoms with E-state index < -0.39 is 0 Å². The molecule has 3 aromatic rings. The van der Waals surface area contributed by atoms with Crippen molar-refractivity contribution in [1.29, 1.82) is 0 Å². The fourth-order valence-electron chi connectivity index (χ4n) is 3.20. The lowest BCUT2D eigenvalue weighted by Crippen LogP contribution is -2.30. The first-order valence-electron chi connectivity index (χ1n) is 7.54. The van der Waals surface area contributed by atoms with Gasteiger partial charge in [0.15, 0.2) is 0 Å². The summed E-state index contributed by atoms with van der Waals surface area (Å²) in [4.78, 5) is 17.9. The summed E-state index contributed by atoms with van der Waals surface area (Å²) in [6, 6.07) is 11.8. The van der Waals surface area contributed by atoms with E-state index in [0.29, 0.717) is 5.69 Å². The van der Waals surface area contributed by atoms with Gasteiger partial charge in [-0.3, -0.25) is 4.79 Å². The third kappa shape index (κ3) is 2.09. The molecule has 0 aliphatic carbocycles. The van der Waals surface area contributed by atoms with Gasteiger partial charge in [-0.05, 0) is 31.9 Å². The molecular weight excluding hydrogens is 278 g/mol. The number of rotatable bonds is 2. The summed E-state index contributed by atoms with van der Waals surface area (Å²) in [6.45, 7) is 2.63. The monoisotopic (exact) mass is 295 g/mol. The molecule has 0 bridgehead atoms. The Hall–Kier alpha value is -2.56. The zero-order valence-electron chi connectivity index (χ0n) is 12.4. The topological polar surface area (TPSA) is 62.1 Å². The number of aryl methyl sites for hydroxylation is 1. The van der Waals surface area contributed by atoms with E-state index in [1.165, 1.54) is 0 Å². The molecule has 5 heteroatoms. The Morgan fingerprint density at radius 2 is 2.23 bits per heavy atom. The van der Waals surface area contributed by atoms with Gasteiger partial charge in [0.05, 0.1) is 6.04 Å². The average Bonchev–Trinajstić information content (AvgIpc) is 3.24. The van der Waals surface area contributed by atoms with E-state index in [4.69, 9.17) is 4.52 Å². The summed E-state index contributed by atoms with van der Waals surface area (Å²) in [5.41, 5.74) is 2.46. The number of benzene rings is 1. The van der Waals surface area contributed by atoms with Crippen molar-refractivity contribution in [3.8, 4) is 0 Å². The van der Waals surface area contributed by atoms with Crippen LogP contribution in [0.25, 0.3) is 10.9 Å². The lowest BCUT2D eigenvalue weighted by atomic mass is 10.1. The van der Waals surface area contributed by atoms with Gasteiger partial charge >= 0.3 is 0 Å². The van der Waals surface area contributed by atoms with Crippen LogP contribution in [-0.4, -0.2) is 27.5 Å². The molecule has 112 valence electrons. The number of nitrogens with one attached hydrogen (secondary N) is 1. The standard InChI is InChI=1S/C17H17N3O2/c1-11-9-14(19-22-11)16-7-4-8-20(16)17(21)15-10-12-5-2-3-6-13(12)18-15/h2-3,5-6,9-10,16,18H,4,7-8H2,1H3/t16-/m0/s1. The molecule has 1 aliphatic rings. The Labute approximate surface area is 127 Å². The molecule has 4 rings (SSSR count). The van der Waals surface area contributed by atoms with E-state index in [1.54, 1.807) is 0 Å². The molecule has 22 heavy (non-hydrogen) atoms. The predicted octanol–water partition coefficient (Wildman–Crippen LogP) is 3.44. The van der Waals surface area contributed by atoms with E-state index in [2.05, 4.69) is 10.1 Å². The second kappa shape index (κ2) is 5.02. The third-order valence-electron chi connectivity index (χ3n) is 4.26. The van der Waals surface area contributed by atoms with Crippen LogP contribution in [0.2, 0.25) is 0 Å². The fourth-order valence-corrected chi connectivity index (χ4v) is 3.20. The number of H-pyrrole nitrogens is 1. The van der Waals surface area contributed by atoms with Crippen molar-refractivity contribution in [2.45, 2.75) is 25.8 Å². The van der Waals surface area contributed by atoms with Gasteiger partial charge in [-0.2, -0.15) is 0 Å². The number of fused-ring (bicyclic) bond motifs is 1. The fraction of sp³-hybridized carbons (Fsp3) is 0.294. The van der Waals surface area contributed by atoms with E-state index in [0.717, 1.165) is 41.7 Å². The van der Waals surface area contributed by atoms with Crippen molar-refractivity contribution in [2.24, 2.45) is 0 Å². The first kappa shape index (κ1) is 13.1. The highest BCUT2D eigenvalue weighted by Crippen LogP contribution is 2.33. The molecule has 5 nitrogen and oxygen atoms in total. The van der Waals surface area contributed by atoms with Gasteiger partial charge in [-0.25, -0.2) is 0 Å². The summed E-state index contributed by atoms with van der Waals surface area (Å²) >= 11 is 0. The van der Waals surface area contributed by atoms with Crippen LogP contribution in [0, 0.1) is 6.92 Å². The minimum atomic E-state index is 0.0105. The van der Waals surface area contributed by atoms with Gasteiger partial charge in [0.1, 0.15) is 17.1 Å². The zero-order chi connectivity index (χ0) is 15.1. The third-order valence-corrected chi connectivity index (χ3v) is 4.26. The van der Waals surface area contributed by atoms with Crippen molar-refractivity contribution in [1.82, 2.24) is 15.0 Å². The molecule has 1 aromatic carbocycles. The molecule has 2 aromatic heterocycles. The summed E-state index contributed by atoms with van der Waals surface area (Å²) in [7, 11) is 0. The smallest absolute Gasteiger partial charge is 0.270 e. The molecule has 1 aliphatic heterocycles. The maximum atomic E-state index is 12.8. The number of nitrogens with zero attached hydrogens (tertiary/aromatic N) is 2. The Morgan fingerprint density at radius 3 is 3.00 bits per heavy atom. The van der Waals surface area contributed by atoms with Gasteiger partial charge in [0.25, 0.3) is 5.91 Å². The number of aromatic nitrogens is 2. The Kier molecular flexibility index (Phi) is 2.99. The van der Waals surface area contributed by atoms with E-state index in [1.807, 2.05) is 48.2 Å². The average molecular weight is 295 g/mol. The van der Waals surface area contributed by atoms with E-state index >= 15 is 0 Å². The minimum Gasteiger partial charge on any atom is -0.361 e. The molecule has 0 radical (unpaired) electrons. The molecule has 3 heterocycles. The second-order valence-corrected chi connectivity index (χ2v) is 5.79. The SMILES string of the molecule is Cc1cc([C@@H]2CCCN2C(=O)c2cc3ccccc3[nH]2)no1. The lowest BCUT2D eigenvalue weighted by molar-refractivity contribution is 0.0726. The highest BCUT2D eigenvalue weighted by Gasteiger charge is 2.33. The number of aromatic amines is 1. The van der Waals surface area contributed by atoms with Crippen molar-refractivity contribution in [3.05, 3.63) is 53.5 Å². The Morgan fingerprint density at radius 1 is 1.36 bits per heavy atom. The van der Waals surface area contributed by atoms with Gasteiger partial charge in [-0.1, -0.05) is 23.4 Å². The predicted molar refractivity (Wildman–Crippen MR) is 82.6 cm³/mol. The van der Waals surface area contributed by atoms with Gasteiger partial charge < -0.3 is 14.4 Å². The van der Waals surface area contributed by atoms with Crippen LogP contribution in [0.3, 0.4) is 0 Å². The van der Waals surface area contributed by atoms with Crippen LogP contribution in [0.4, 0.5) is 0 Å². The Bertz CT molecular complexity index is 800. The van der Waals surface area contributed by atoms with Crippen LogP contribution in [0.15, 0.2) is 40.9 Å². The summed E-state index contributed by atoms with van der Waals surface area (Å²) in [5.74, 6) is 0.805. The number of amides is 1.